The third-order valence-corrected chi connectivity index (χ3v) is 4.68. The highest BCUT2D eigenvalue weighted by atomic mass is 16.1. The van der Waals surface area contributed by atoms with Crippen molar-refractivity contribution in [3.05, 3.63) is 41.7 Å². The fourth-order valence-corrected chi connectivity index (χ4v) is 3.55. The van der Waals surface area contributed by atoms with Gasteiger partial charge in [-0.3, -0.25) is 4.79 Å². The van der Waals surface area contributed by atoms with E-state index >= 15 is 0 Å². The first-order chi connectivity index (χ1) is 9.74. The molecular formula is C17H18N2O. The van der Waals surface area contributed by atoms with Gasteiger partial charge < -0.3 is 9.47 Å². The first-order valence-electron chi connectivity index (χ1n) is 7.29. The molecule has 0 aliphatic carbocycles. The summed E-state index contributed by atoms with van der Waals surface area (Å²) in [5.41, 5.74) is 3.28. The van der Waals surface area contributed by atoms with Gasteiger partial charge in [0.2, 0.25) is 0 Å². The molecule has 1 aromatic carbocycles. The van der Waals surface area contributed by atoms with Crippen LogP contribution in [0.25, 0.3) is 17.0 Å². The lowest BCUT2D eigenvalue weighted by molar-refractivity contribution is -0.125. The van der Waals surface area contributed by atoms with Crippen LogP contribution in [0.3, 0.4) is 0 Å². The number of piperidine rings is 3. The molecule has 0 atom stereocenters. The van der Waals surface area contributed by atoms with E-state index in [0.29, 0.717) is 5.78 Å². The van der Waals surface area contributed by atoms with E-state index in [4.69, 9.17) is 0 Å². The van der Waals surface area contributed by atoms with Crippen LogP contribution in [-0.4, -0.2) is 28.3 Å². The van der Waals surface area contributed by atoms with E-state index in [2.05, 4.69) is 53.1 Å². The number of para-hydroxylation sites is 1. The van der Waals surface area contributed by atoms with Crippen LogP contribution in [-0.2, 0) is 11.8 Å². The number of aromatic nitrogens is 1. The average Bonchev–Trinajstić information content (AvgIpc) is 2.80. The summed E-state index contributed by atoms with van der Waals surface area (Å²) in [7, 11) is 2.06. The monoisotopic (exact) mass is 266 g/mol. The second kappa shape index (κ2) is 4.23. The molecule has 5 rings (SSSR count). The molecule has 102 valence electrons. The molecule has 3 nitrogen and oxygen atoms in total. The van der Waals surface area contributed by atoms with Gasteiger partial charge in [0.15, 0.2) is 5.78 Å². The van der Waals surface area contributed by atoms with Crippen molar-refractivity contribution < 1.29 is 4.79 Å². The Morgan fingerprint density at radius 3 is 2.70 bits per heavy atom. The van der Waals surface area contributed by atoms with Crippen LogP contribution in [0.15, 0.2) is 36.2 Å². The summed E-state index contributed by atoms with van der Waals surface area (Å²) in [6, 6.07) is 8.35. The largest absolute Gasteiger partial charge is 0.369 e. The summed E-state index contributed by atoms with van der Waals surface area (Å²) in [5, 5.41) is 1.22. The number of Topliss-reactive ketones (excluding diaryl/α,β-unsaturated/α-hetero) is 1. The van der Waals surface area contributed by atoms with Crippen LogP contribution in [0.2, 0.25) is 0 Å². The Morgan fingerprint density at radius 1 is 1.20 bits per heavy atom. The van der Waals surface area contributed by atoms with Crippen LogP contribution in [0, 0.1) is 5.92 Å². The predicted octanol–water partition coefficient (Wildman–Crippen LogP) is 2.81. The molecule has 2 aromatic rings. The lowest BCUT2D eigenvalue weighted by atomic mass is 9.84. The number of fused-ring (bicyclic) bond motifs is 4. The summed E-state index contributed by atoms with van der Waals surface area (Å²) >= 11 is 0. The first-order valence-corrected chi connectivity index (χ1v) is 7.29. The second-order valence-electron chi connectivity index (χ2n) is 5.87. The van der Waals surface area contributed by atoms with Crippen LogP contribution < -0.4 is 0 Å². The summed E-state index contributed by atoms with van der Waals surface area (Å²) in [4.78, 5) is 14.7. The van der Waals surface area contributed by atoms with Crippen LogP contribution in [0.4, 0.5) is 0 Å². The summed E-state index contributed by atoms with van der Waals surface area (Å²) in [6.45, 7) is 2.07. The highest BCUT2D eigenvalue weighted by molar-refractivity contribution is 6.04. The highest BCUT2D eigenvalue weighted by Crippen LogP contribution is 2.33. The fourth-order valence-electron chi connectivity index (χ4n) is 3.55. The maximum Gasteiger partial charge on any atom is 0.182 e. The first kappa shape index (κ1) is 11.8. The molecule has 3 saturated heterocycles. The maximum absolute atomic E-state index is 12.4. The Bertz CT molecular complexity index is 718. The Kier molecular flexibility index (Phi) is 2.49. The van der Waals surface area contributed by atoms with Crippen LogP contribution in [0.1, 0.15) is 18.4 Å². The number of aryl methyl sites for hydroxylation is 1. The zero-order valence-electron chi connectivity index (χ0n) is 11.7. The molecule has 4 heterocycles. The second-order valence-corrected chi connectivity index (χ2v) is 5.87. The molecule has 0 unspecified atom stereocenters. The van der Waals surface area contributed by atoms with Gasteiger partial charge in [0, 0.05) is 48.7 Å². The summed E-state index contributed by atoms with van der Waals surface area (Å²) in [6.07, 6.45) is 6.28. The minimum absolute atomic E-state index is 0.265. The molecule has 3 fully saturated rings. The third-order valence-electron chi connectivity index (χ3n) is 4.68. The summed E-state index contributed by atoms with van der Waals surface area (Å²) in [5.74, 6) is 0.608. The lowest BCUT2D eigenvalue weighted by Gasteiger charge is -2.41. The van der Waals surface area contributed by atoms with Gasteiger partial charge in [-0.15, -0.1) is 0 Å². The number of hydrogen-bond donors (Lipinski definition) is 0. The minimum atomic E-state index is 0.265. The van der Waals surface area contributed by atoms with Gasteiger partial charge in [0.1, 0.15) is 0 Å². The van der Waals surface area contributed by atoms with Crippen molar-refractivity contribution in [2.75, 3.05) is 13.1 Å². The topological polar surface area (TPSA) is 25.2 Å². The molecule has 2 bridgehead atoms. The Hall–Kier alpha value is -2.03. The normalized spacial score (nSPS) is 21.4. The lowest BCUT2D eigenvalue weighted by Crippen LogP contribution is -2.45. The van der Waals surface area contributed by atoms with Crippen molar-refractivity contribution in [2.24, 2.45) is 13.0 Å². The summed E-state index contributed by atoms with van der Waals surface area (Å²) < 4.78 is 2.13. The number of rotatable bonds is 1. The third kappa shape index (κ3) is 1.62. The SMILES string of the molecule is Cn1cc(/C=C2\C(=O)C3CCN2CC3)c2ccccc21. The number of carbonyl (C=O) groups excluding carboxylic acids is 1. The van der Waals surface area contributed by atoms with Crippen molar-refractivity contribution in [3.63, 3.8) is 0 Å². The van der Waals surface area contributed by atoms with Crippen molar-refractivity contribution in [2.45, 2.75) is 12.8 Å². The molecule has 1 aromatic heterocycles. The van der Waals surface area contributed by atoms with Gasteiger partial charge in [0.05, 0.1) is 5.70 Å². The molecule has 0 saturated carbocycles. The predicted molar refractivity (Wildman–Crippen MR) is 80.2 cm³/mol. The molecule has 0 radical (unpaired) electrons. The van der Waals surface area contributed by atoms with E-state index in [1.165, 1.54) is 10.9 Å². The van der Waals surface area contributed by atoms with Crippen LogP contribution in [0.5, 0.6) is 0 Å². The quantitative estimate of drug-likeness (QED) is 0.742. The van der Waals surface area contributed by atoms with E-state index in [9.17, 15) is 4.79 Å². The number of carbonyl (C=O) groups is 1. The fraction of sp³-hybridized carbons (Fsp3) is 0.353. The Morgan fingerprint density at radius 2 is 1.95 bits per heavy atom. The molecule has 3 aliphatic rings. The van der Waals surface area contributed by atoms with E-state index in [1.54, 1.807) is 0 Å². The number of nitrogens with zero attached hydrogens (tertiary/aromatic N) is 2. The molecule has 3 heteroatoms. The molecule has 0 N–H and O–H groups in total. The zero-order valence-corrected chi connectivity index (χ0v) is 11.7. The van der Waals surface area contributed by atoms with E-state index in [0.717, 1.165) is 37.2 Å². The number of hydrogen-bond acceptors (Lipinski definition) is 2. The molecular weight excluding hydrogens is 248 g/mol. The van der Waals surface area contributed by atoms with E-state index in [1.807, 2.05) is 0 Å². The van der Waals surface area contributed by atoms with Gasteiger partial charge in [-0.2, -0.15) is 0 Å². The van der Waals surface area contributed by atoms with Crippen molar-refractivity contribution in [3.8, 4) is 0 Å². The molecule has 0 amide bonds. The molecule has 20 heavy (non-hydrogen) atoms. The van der Waals surface area contributed by atoms with E-state index in [-0.39, 0.29) is 5.92 Å². The standard InChI is InChI=1S/C17H18N2O/c1-18-11-13(14-4-2-3-5-15(14)18)10-16-17(20)12-6-8-19(16)9-7-12/h2-5,10-12H,6-9H2,1H3/b16-10+. The van der Waals surface area contributed by atoms with Crippen molar-refractivity contribution >= 4 is 22.8 Å². The minimum Gasteiger partial charge on any atom is -0.369 e. The highest BCUT2D eigenvalue weighted by Gasteiger charge is 2.36. The van der Waals surface area contributed by atoms with Crippen molar-refractivity contribution in [1.29, 1.82) is 0 Å². The maximum atomic E-state index is 12.4. The van der Waals surface area contributed by atoms with Crippen LogP contribution >= 0.6 is 0 Å². The van der Waals surface area contributed by atoms with Gasteiger partial charge in [-0.1, -0.05) is 18.2 Å². The Balaban J connectivity index is 1.84. The number of allylic oxidation sites excluding steroid dienone is 1. The number of benzene rings is 1. The zero-order chi connectivity index (χ0) is 13.7. The van der Waals surface area contributed by atoms with Gasteiger partial charge in [0.25, 0.3) is 0 Å². The smallest absolute Gasteiger partial charge is 0.182 e. The molecule has 0 spiro atoms. The Labute approximate surface area is 118 Å². The van der Waals surface area contributed by atoms with Gasteiger partial charge >= 0.3 is 0 Å². The average molecular weight is 266 g/mol. The van der Waals surface area contributed by atoms with Crippen molar-refractivity contribution in [1.82, 2.24) is 9.47 Å². The van der Waals surface area contributed by atoms with Gasteiger partial charge in [-0.05, 0) is 25.0 Å². The molecule has 3 aliphatic heterocycles. The number of ketones is 1. The van der Waals surface area contributed by atoms with Gasteiger partial charge in [-0.25, -0.2) is 0 Å². The van der Waals surface area contributed by atoms with E-state index < -0.39 is 0 Å².